The van der Waals surface area contributed by atoms with Crippen LogP contribution >= 0.6 is 11.6 Å². The summed E-state index contributed by atoms with van der Waals surface area (Å²) in [5, 5.41) is 4.10. The van der Waals surface area contributed by atoms with Crippen LogP contribution in [0.15, 0.2) is 24.4 Å². The van der Waals surface area contributed by atoms with Crippen LogP contribution in [0.4, 0.5) is 0 Å². The molecule has 1 aliphatic carbocycles. The van der Waals surface area contributed by atoms with Crippen molar-refractivity contribution in [1.82, 2.24) is 10.3 Å². The van der Waals surface area contributed by atoms with Crippen molar-refractivity contribution in [3.05, 3.63) is 35.1 Å². The number of halogens is 1. The van der Waals surface area contributed by atoms with E-state index in [0.29, 0.717) is 11.2 Å². The Labute approximate surface area is 94.4 Å². The predicted octanol–water partition coefficient (Wildman–Crippen LogP) is 2.50. The van der Waals surface area contributed by atoms with E-state index in [4.69, 9.17) is 11.6 Å². The third-order valence-corrected chi connectivity index (χ3v) is 3.58. The molecular weight excluding hydrogens is 208 g/mol. The number of nitrogens with one attached hydrogen (secondary N) is 1. The van der Waals surface area contributed by atoms with Gasteiger partial charge in [0, 0.05) is 12.2 Å². The molecule has 2 heterocycles. The predicted molar refractivity (Wildman–Crippen MR) is 61.7 cm³/mol. The van der Waals surface area contributed by atoms with Crippen LogP contribution in [0.2, 0.25) is 5.15 Å². The van der Waals surface area contributed by atoms with Gasteiger partial charge in [0.15, 0.2) is 0 Å². The van der Waals surface area contributed by atoms with Crippen LogP contribution in [0.25, 0.3) is 5.57 Å². The number of fused-ring (bicyclic) bond motifs is 1. The third-order valence-electron chi connectivity index (χ3n) is 3.35. The van der Waals surface area contributed by atoms with Crippen LogP contribution in [-0.4, -0.2) is 17.6 Å². The SMILES string of the molecule is Clc1ccc(C2=C[C@H]3CCN[C@H]3C2)cn1. The van der Waals surface area contributed by atoms with Crippen LogP contribution < -0.4 is 5.32 Å². The van der Waals surface area contributed by atoms with Crippen molar-refractivity contribution in [1.29, 1.82) is 0 Å². The first-order valence-corrected chi connectivity index (χ1v) is 5.77. The molecule has 15 heavy (non-hydrogen) atoms. The van der Waals surface area contributed by atoms with E-state index in [0.717, 1.165) is 18.9 Å². The largest absolute Gasteiger partial charge is 0.313 e. The van der Waals surface area contributed by atoms with E-state index in [1.54, 1.807) is 0 Å². The molecule has 78 valence electrons. The zero-order valence-electron chi connectivity index (χ0n) is 8.41. The highest BCUT2D eigenvalue weighted by atomic mass is 35.5. The highest BCUT2D eigenvalue weighted by Gasteiger charge is 2.31. The number of hydrogen-bond acceptors (Lipinski definition) is 2. The maximum Gasteiger partial charge on any atom is 0.129 e. The molecule has 0 spiro atoms. The number of nitrogens with zero attached hydrogens (tertiary/aromatic N) is 1. The molecule has 2 atom stereocenters. The molecule has 3 heteroatoms. The second kappa shape index (κ2) is 3.62. The van der Waals surface area contributed by atoms with Crippen LogP contribution in [0, 0.1) is 5.92 Å². The third kappa shape index (κ3) is 1.68. The van der Waals surface area contributed by atoms with Gasteiger partial charge in [-0.1, -0.05) is 23.7 Å². The molecule has 0 saturated carbocycles. The Morgan fingerprint density at radius 3 is 3.07 bits per heavy atom. The minimum absolute atomic E-state index is 0.565. The standard InChI is InChI=1S/C12H13ClN2/c13-12-2-1-9(7-15-12)10-5-8-3-4-14-11(8)6-10/h1-2,5,7-8,11,14H,3-4,6H2/t8-,11+/m1/s1. The first-order valence-electron chi connectivity index (χ1n) is 5.39. The van der Waals surface area contributed by atoms with E-state index >= 15 is 0 Å². The summed E-state index contributed by atoms with van der Waals surface area (Å²) in [6, 6.07) is 4.58. The average Bonchev–Trinajstić information content (AvgIpc) is 2.78. The number of pyridine rings is 1. The van der Waals surface area contributed by atoms with Crippen LogP contribution in [0.1, 0.15) is 18.4 Å². The van der Waals surface area contributed by atoms with E-state index in [9.17, 15) is 0 Å². The van der Waals surface area contributed by atoms with Crippen molar-refractivity contribution in [3.8, 4) is 0 Å². The van der Waals surface area contributed by atoms with Crippen molar-refractivity contribution in [3.63, 3.8) is 0 Å². The Bertz CT molecular complexity index is 397. The van der Waals surface area contributed by atoms with Gasteiger partial charge in [-0.2, -0.15) is 0 Å². The van der Waals surface area contributed by atoms with Gasteiger partial charge in [0.2, 0.25) is 0 Å². The maximum absolute atomic E-state index is 5.77. The summed E-state index contributed by atoms with van der Waals surface area (Å²) in [7, 11) is 0. The molecule has 0 bridgehead atoms. The highest BCUT2D eigenvalue weighted by Crippen LogP contribution is 2.35. The summed E-state index contributed by atoms with van der Waals surface area (Å²) in [5.74, 6) is 0.732. The van der Waals surface area contributed by atoms with Crippen molar-refractivity contribution < 1.29 is 0 Å². The molecule has 0 radical (unpaired) electrons. The number of aromatic nitrogens is 1. The maximum atomic E-state index is 5.77. The van der Waals surface area contributed by atoms with E-state index in [2.05, 4.69) is 22.4 Å². The number of hydrogen-bond donors (Lipinski definition) is 1. The first-order chi connectivity index (χ1) is 7.33. The van der Waals surface area contributed by atoms with Gasteiger partial charge in [0.05, 0.1) is 0 Å². The molecule has 2 aliphatic rings. The molecule has 1 N–H and O–H groups in total. The van der Waals surface area contributed by atoms with Gasteiger partial charge in [0.1, 0.15) is 5.15 Å². The van der Waals surface area contributed by atoms with E-state index in [1.807, 2.05) is 12.3 Å². The number of rotatable bonds is 1. The quantitative estimate of drug-likeness (QED) is 0.736. The topological polar surface area (TPSA) is 24.9 Å². The van der Waals surface area contributed by atoms with Crippen molar-refractivity contribution in [2.75, 3.05) is 6.54 Å². The van der Waals surface area contributed by atoms with Crippen molar-refractivity contribution in [2.24, 2.45) is 5.92 Å². The lowest BCUT2D eigenvalue weighted by atomic mass is 10.1. The summed E-state index contributed by atoms with van der Waals surface area (Å²) in [5.41, 5.74) is 2.64. The molecule has 0 unspecified atom stereocenters. The fourth-order valence-corrected chi connectivity index (χ4v) is 2.67. The fourth-order valence-electron chi connectivity index (χ4n) is 2.55. The molecule has 1 aliphatic heterocycles. The van der Waals surface area contributed by atoms with Crippen molar-refractivity contribution >= 4 is 17.2 Å². The van der Waals surface area contributed by atoms with E-state index < -0.39 is 0 Å². The van der Waals surface area contributed by atoms with Crippen LogP contribution in [0.5, 0.6) is 0 Å². The second-order valence-corrected chi connectivity index (χ2v) is 4.67. The molecule has 3 rings (SSSR count). The monoisotopic (exact) mass is 220 g/mol. The Morgan fingerprint density at radius 1 is 1.40 bits per heavy atom. The van der Waals surface area contributed by atoms with Gasteiger partial charge in [-0.05, 0) is 42.5 Å². The summed E-state index contributed by atoms with van der Waals surface area (Å²) in [4.78, 5) is 4.12. The summed E-state index contributed by atoms with van der Waals surface area (Å²) in [6.45, 7) is 1.16. The smallest absolute Gasteiger partial charge is 0.129 e. The molecule has 1 saturated heterocycles. The zero-order chi connectivity index (χ0) is 10.3. The lowest BCUT2D eigenvalue weighted by molar-refractivity contribution is 0.563. The molecule has 1 aromatic heterocycles. The molecule has 1 aromatic rings. The average molecular weight is 221 g/mol. The molecule has 1 fully saturated rings. The van der Waals surface area contributed by atoms with Gasteiger partial charge < -0.3 is 5.32 Å². The second-order valence-electron chi connectivity index (χ2n) is 4.28. The van der Waals surface area contributed by atoms with Crippen LogP contribution in [-0.2, 0) is 0 Å². The molecule has 0 amide bonds. The minimum Gasteiger partial charge on any atom is -0.313 e. The van der Waals surface area contributed by atoms with E-state index in [-0.39, 0.29) is 0 Å². The first kappa shape index (κ1) is 9.37. The Morgan fingerprint density at radius 2 is 2.33 bits per heavy atom. The Hall–Kier alpha value is -0.860. The van der Waals surface area contributed by atoms with Gasteiger partial charge in [-0.3, -0.25) is 0 Å². The Kier molecular flexibility index (Phi) is 2.26. The van der Waals surface area contributed by atoms with Crippen LogP contribution in [0.3, 0.4) is 0 Å². The molecule has 2 nitrogen and oxygen atoms in total. The van der Waals surface area contributed by atoms with Gasteiger partial charge in [-0.15, -0.1) is 0 Å². The normalized spacial score (nSPS) is 29.0. The summed E-state index contributed by atoms with van der Waals surface area (Å²) in [6.07, 6.45) is 6.67. The molecular formula is C12H13ClN2. The zero-order valence-corrected chi connectivity index (χ0v) is 9.17. The van der Waals surface area contributed by atoms with E-state index in [1.165, 1.54) is 17.6 Å². The lowest BCUT2D eigenvalue weighted by Gasteiger charge is -2.08. The molecule has 0 aromatic carbocycles. The highest BCUT2D eigenvalue weighted by molar-refractivity contribution is 6.29. The van der Waals surface area contributed by atoms with Crippen molar-refractivity contribution in [2.45, 2.75) is 18.9 Å². The summed E-state index contributed by atoms with van der Waals surface area (Å²) < 4.78 is 0. The summed E-state index contributed by atoms with van der Waals surface area (Å²) >= 11 is 5.77. The van der Waals surface area contributed by atoms with Gasteiger partial charge in [-0.25, -0.2) is 4.98 Å². The lowest BCUT2D eigenvalue weighted by Crippen LogP contribution is -2.22. The fraction of sp³-hybridized carbons (Fsp3) is 0.417. The van der Waals surface area contributed by atoms with Gasteiger partial charge in [0.25, 0.3) is 0 Å². The minimum atomic E-state index is 0.565. The van der Waals surface area contributed by atoms with Gasteiger partial charge >= 0.3 is 0 Å². The Balaban J connectivity index is 1.87.